The molecule has 24 heavy (non-hydrogen) atoms. The molecule has 2 saturated heterocycles. The Morgan fingerprint density at radius 3 is 2.46 bits per heavy atom. The average Bonchev–Trinajstić information content (AvgIpc) is 3.06. The van der Waals surface area contributed by atoms with Crippen LogP contribution in [-0.2, 0) is 9.53 Å². The highest BCUT2D eigenvalue weighted by Crippen LogP contribution is 2.23. The van der Waals surface area contributed by atoms with Gasteiger partial charge in [-0.25, -0.2) is 4.79 Å². The van der Waals surface area contributed by atoms with Crippen LogP contribution in [0.4, 0.5) is 9.93 Å². The first-order valence-electron chi connectivity index (χ1n) is 8.29. The lowest BCUT2D eigenvalue weighted by Gasteiger charge is -2.39. The molecule has 0 aliphatic carbocycles. The Labute approximate surface area is 145 Å². The molecule has 2 unspecified atom stereocenters. The molecule has 3 heterocycles. The van der Waals surface area contributed by atoms with E-state index in [-0.39, 0.29) is 30.1 Å². The van der Waals surface area contributed by atoms with Crippen molar-refractivity contribution in [1.29, 1.82) is 0 Å². The average molecular weight is 353 g/mol. The maximum absolute atomic E-state index is 12.7. The first-order chi connectivity index (χ1) is 11.5. The molecule has 0 saturated carbocycles. The smallest absolute Gasteiger partial charge is 0.323 e. The molecule has 0 aromatic carbocycles. The summed E-state index contributed by atoms with van der Waals surface area (Å²) in [5.41, 5.74) is 1.57. The summed E-state index contributed by atoms with van der Waals surface area (Å²) in [5, 5.41) is 10.7. The van der Waals surface area contributed by atoms with E-state index >= 15 is 0 Å². The summed E-state index contributed by atoms with van der Waals surface area (Å²) in [6.45, 7) is 6.46. The van der Waals surface area contributed by atoms with E-state index < -0.39 is 0 Å². The molecule has 8 nitrogen and oxygen atoms in total. The molecule has 1 aromatic rings. The van der Waals surface area contributed by atoms with Crippen molar-refractivity contribution < 1.29 is 14.3 Å². The second-order valence-corrected chi connectivity index (χ2v) is 7.27. The monoisotopic (exact) mass is 353 g/mol. The summed E-state index contributed by atoms with van der Waals surface area (Å²) in [6.07, 6.45) is 1.55. The Morgan fingerprint density at radius 1 is 1.21 bits per heavy atom. The van der Waals surface area contributed by atoms with Crippen molar-refractivity contribution in [3.63, 3.8) is 0 Å². The van der Waals surface area contributed by atoms with Crippen LogP contribution >= 0.6 is 11.3 Å². The number of nitrogens with zero attached hydrogens (tertiary/aromatic N) is 4. The third-order valence-electron chi connectivity index (χ3n) is 4.44. The number of hydrogen-bond donors (Lipinski definition) is 1. The Hall–Kier alpha value is -1.74. The lowest BCUT2D eigenvalue weighted by atomic mass is 9.95. The normalized spacial score (nSPS) is 25.6. The van der Waals surface area contributed by atoms with E-state index in [1.165, 1.54) is 11.3 Å². The summed E-state index contributed by atoms with van der Waals surface area (Å²) >= 11 is 1.29. The van der Waals surface area contributed by atoms with Crippen molar-refractivity contribution in [3.8, 4) is 0 Å². The molecule has 3 rings (SSSR count). The molecule has 2 fully saturated rings. The summed E-state index contributed by atoms with van der Waals surface area (Å²) < 4.78 is 5.69. The second-order valence-electron chi connectivity index (χ2n) is 6.44. The number of piperidine rings is 1. The number of rotatable bonds is 2. The van der Waals surface area contributed by atoms with Crippen molar-refractivity contribution in [2.45, 2.75) is 38.9 Å². The number of ether oxygens (including phenoxy) is 1. The van der Waals surface area contributed by atoms with Crippen LogP contribution in [0.15, 0.2) is 5.51 Å². The highest BCUT2D eigenvalue weighted by Gasteiger charge is 2.33. The summed E-state index contributed by atoms with van der Waals surface area (Å²) in [7, 11) is 0. The zero-order valence-electron chi connectivity index (χ0n) is 14.0. The van der Waals surface area contributed by atoms with E-state index in [2.05, 4.69) is 15.5 Å². The number of likely N-dealkylation sites (tertiary alicyclic amines) is 1. The Bertz CT molecular complexity index is 564. The molecular formula is C15H23N5O3S. The molecule has 2 atom stereocenters. The van der Waals surface area contributed by atoms with Crippen LogP contribution in [0.25, 0.3) is 0 Å². The van der Waals surface area contributed by atoms with Gasteiger partial charge in [0.15, 0.2) is 0 Å². The van der Waals surface area contributed by atoms with Crippen molar-refractivity contribution in [2.24, 2.45) is 5.92 Å². The van der Waals surface area contributed by atoms with E-state index in [1.807, 2.05) is 18.7 Å². The summed E-state index contributed by atoms with van der Waals surface area (Å²) in [6, 6.07) is -0.175. The molecule has 3 amide bonds. The molecule has 0 radical (unpaired) electrons. The number of nitrogens with one attached hydrogen (secondary N) is 1. The van der Waals surface area contributed by atoms with Gasteiger partial charge < -0.3 is 14.5 Å². The summed E-state index contributed by atoms with van der Waals surface area (Å²) in [5.74, 6) is 0.189. The zero-order valence-corrected chi connectivity index (χ0v) is 14.8. The highest BCUT2D eigenvalue weighted by atomic mass is 32.1. The molecule has 2 aliphatic heterocycles. The number of anilines is 1. The number of morpholine rings is 1. The number of carbonyl (C=O) groups is 2. The van der Waals surface area contributed by atoms with Gasteiger partial charge in [0.1, 0.15) is 5.51 Å². The van der Waals surface area contributed by atoms with E-state index in [9.17, 15) is 9.59 Å². The fourth-order valence-corrected chi connectivity index (χ4v) is 3.78. The lowest BCUT2D eigenvalue weighted by Crippen LogP contribution is -2.52. The summed E-state index contributed by atoms with van der Waals surface area (Å²) in [4.78, 5) is 28.5. The standard InChI is InChI=1S/C15H23N5O3S/c1-10-7-20(8-11(2)23-10)13(21)12-3-5-19(6-4-12)15(22)17-14-18-16-9-24-14/h9-12H,3-8H2,1-2H3,(H,17,18,22). The fourth-order valence-electron chi connectivity index (χ4n) is 3.34. The molecule has 0 spiro atoms. The van der Waals surface area contributed by atoms with Crippen LogP contribution in [0, 0.1) is 5.92 Å². The zero-order chi connectivity index (χ0) is 17.1. The fraction of sp³-hybridized carbons (Fsp3) is 0.733. The predicted octanol–water partition coefficient (Wildman–Crippen LogP) is 1.42. The lowest BCUT2D eigenvalue weighted by molar-refractivity contribution is -0.148. The number of carbonyl (C=O) groups excluding carboxylic acids is 2. The number of urea groups is 1. The SMILES string of the molecule is CC1CN(C(=O)C2CCN(C(=O)Nc3nncs3)CC2)CC(C)O1. The quantitative estimate of drug-likeness (QED) is 0.869. The number of hydrogen-bond acceptors (Lipinski definition) is 6. The largest absolute Gasteiger partial charge is 0.372 e. The van der Waals surface area contributed by atoms with Crippen molar-refractivity contribution >= 4 is 28.4 Å². The maximum atomic E-state index is 12.7. The number of amides is 3. The van der Waals surface area contributed by atoms with Gasteiger partial charge in [-0.2, -0.15) is 0 Å². The third-order valence-corrected chi connectivity index (χ3v) is 5.04. The Morgan fingerprint density at radius 2 is 1.88 bits per heavy atom. The van der Waals surface area contributed by atoms with Gasteiger partial charge >= 0.3 is 6.03 Å². The molecule has 0 bridgehead atoms. The van der Waals surface area contributed by atoms with Crippen molar-refractivity contribution in [3.05, 3.63) is 5.51 Å². The highest BCUT2D eigenvalue weighted by molar-refractivity contribution is 7.13. The molecule has 9 heteroatoms. The molecular weight excluding hydrogens is 330 g/mol. The van der Waals surface area contributed by atoms with Gasteiger partial charge in [0.05, 0.1) is 12.2 Å². The van der Waals surface area contributed by atoms with E-state index in [1.54, 1.807) is 10.4 Å². The van der Waals surface area contributed by atoms with Crippen LogP contribution in [0.2, 0.25) is 0 Å². The van der Waals surface area contributed by atoms with Gasteiger partial charge in [-0.05, 0) is 26.7 Å². The van der Waals surface area contributed by atoms with Gasteiger partial charge in [-0.1, -0.05) is 11.3 Å². The van der Waals surface area contributed by atoms with Crippen LogP contribution in [-0.4, -0.2) is 70.3 Å². The number of aromatic nitrogens is 2. The van der Waals surface area contributed by atoms with Gasteiger partial charge in [0, 0.05) is 32.1 Å². The topological polar surface area (TPSA) is 87.7 Å². The maximum Gasteiger partial charge on any atom is 0.323 e. The first kappa shape index (κ1) is 17.1. The van der Waals surface area contributed by atoms with Gasteiger partial charge in [-0.15, -0.1) is 10.2 Å². The van der Waals surface area contributed by atoms with Gasteiger partial charge in [-0.3, -0.25) is 10.1 Å². The van der Waals surface area contributed by atoms with Crippen LogP contribution in [0.5, 0.6) is 0 Å². The van der Waals surface area contributed by atoms with Gasteiger partial charge in [0.25, 0.3) is 0 Å². The van der Waals surface area contributed by atoms with Gasteiger partial charge in [0.2, 0.25) is 11.0 Å². The molecule has 132 valence electrons. The van der Waals surface area contributed by atoms with Crippen LogP contribution in [0.3, 0.4) is 0 Å². The molecule has 2 aliphatic rings. The second kappa shape index (κ2) is 7.43. The van der Waals surface area contributed by atoms with E-state index in [4.69, 9.17) is 4.74 Å². The van der Waals surface area contributed by atoms with Crippen LogP contribution in [0.1, 0.15) is 26.7 Å². The van der Waals surface area contributed by atoms with E-state index in [0.717, 1.165) is 0 Å². The third kappa shape index (κ3) is 4.02. The first-order valence-corrected chi connectivity index (χ1v) is 9.17. The van der Waals surface area contributed by atoms with E-state index in [0.29, 0.717) is 44.2 Å². The van der Waals surface area contributed by atoms with Crippen molar-refractivity contribution in [1.82, 2.24) is 20.0 Å². The van der Waals surface area contributed by atoms with Crippen LogP contribution < -0.4 is 5.32 Å². The molecule has 1 aromatic heterocycles. The predicted molar refractivity (Wildman–Crippen MR) is 89.8 cm³/mol. The minimum absolute atomic E-state index is 0.00641. The Kier molecular flexibility index (Phi) is 5.30. The Balaban J connectivity index is 1.49. The minimum atomic E-state index is -0.175. The minimum Gasteiger partial charge on any atom is -0.372 e. The van der Waals surface area contributed by atoms with Crippen molar-refractivity contribution in [2.75, 3.05) is 31.5 Å². The molecule has 1 N–H and O–H groups in total.